The first-order valence-electron chi connectivity index (χ1n) is 5.39. The highest BCUT2D eigenvalue weighted by atomic mass is 16.5. The Labute approximate surface area is 98.8 Å². The molecule has 2 rings (SSSR count). The number of nitrogens with zero attached hydrogens (tertiary/aromatic N) is 3. The summed E-state index contributed by atoms with van der Waals surface area (Å²) in [6.45, 7) is 3.34. The van der Waals surface area contributed by atoms with Gasteiger partial charge in [-0.15, -0.1) is 0 Å². The first-order valence-corrected chi connectivity index (χ1v) is 5.39. The first-order chi connectivity index (χ1) is 8.33. The van der Waals surface area contributed by atoms with Crippen LogP contribution >= 0.6 is 0 Å². The van der Waals surface area contributed by atoms with Crippen molar-refractivity contribution in [3.63, 3.8) is 0 Å². The smallest absolute Gasteiger partial charge is 0.276 e. The van der Waals surface area contributed by atoms with Crippen molar-refractivity contribution in [2.24, 2.45) is 5.73 Å². The molecule has 90 valence electrons. The number of hydrogen-bond acceptors (Lipinski definition) is 6. The van der Waals surface area contributed by atoms with Crippen LogP contribution in [0.5, 0.6) is 0 Å². The standard InChI is InChI=1S/C11H14N4O2/c1-2-16-7-10-14-11(17-15-10)9-4-3-8(5-12)6-13-9/h3-4,6H,2,5,7,12H2,1H3. The van der Waals surface area contributed by atoms with Crippen LogP contribution in [-0.2, 0) is 17.9 Å². The fraction of sp³-hybridized carbons (Fsp3) is 0.364. The van der Waals surface area contributed by atoms with Crippen molar-refractivity contribution < 1.29 is 9.26 Å². The van der Waals surface area contributed by atoms with E-state index in [9.17, 15) is 0 Å². The number of hydrogen-bond donors (Lipinski definition) is 1. The van der Waals surface area contributed by atoms with Crippen LogP contribution in [0.2, 0.25) is 0 Å². The molecule has 0 unspecified atom stereocenters. The van der Waals surface area contributed by atoms with E-state index in [0.29, 0.717) is 37.2 Å². The van der Waals surface area contributed by atoms with Gasteiger partial charge in [-0.25, -0.2) is 0 Å². The minimum atomic E-state index is 0.348. The van der Waals surface area contributed by atoms with Crippen molar-refractivity contribution >= 4 is 0 Å². The highest BCUT2D eigenvalue weighted by molar-refractivity contribution is 5.46. The summed E-state index contributed by atoms with van der Waals surface area (Å²) in [7, 11) is 0. The van der Waals surface area contributed by atoms with Gasteiger partial charge in [-0.3, -0.25) is 4.98 Å². The van der Waals surface area contributed by atoms with E-state index in [1.165, 1.54) is 0 Å². The maximum absolute atomic E-state index is 5.49. The van der Waals surface area contributed by atoms with Crippen LogP contribution in [0.4, 0.5) is 0 Å². The normalized spacial score (nSPS) is 10.7. The quantitative estimate of drug-likeness (QED) is 0.834. The van der Waals surface area contributed by atoms with E-state index in [-0.39, 0.29) is 0 Å². The second-order valence-electron chi connectivity index (χ2n) is 3.41. The van der Waals surface area contributed by atoms with Gasteiger partial charge in [0.2, 0.25) is 0 Å². The lowest BCUT2D eigenvalue weighted by Crippen LogP contribution is -1.97. The third-order valence-electron chi connectivity index (χ3n) is 2.18. The molecule has 2 aromatic heterocycles. The van der Waals surface area contributed by atoms with Gasteiger partial charge in [0.1, 0.15) is 12.3 Å². The summed E-state index contributed by atoms with van der Waals surface area (Å²) in [6, 6.07) is 3.69. The van der Waals surface area contributed by atoms with E-state index in [1.807, 2.05) is 13.0 Å². The lowest BCUT2D eigenvalue weighted by Gasteiger charge is -1.96. The Kier molecular flexibility index (Phi) is 3.79. The second kappa shape index (κ2) is 5.51. The number of nitrogens with two attached hydrogens (primary N) is 1. The molecule has 6 nitrogen and oxygen atoms in total. The van der Waals surface area contributed by atoms with Crippen molar-refractivity contribution in [2.45, 2.75) is 20.1 Å². The topological polar surface area (TPSA) is 87.1 Å². The Balaban J connectivity index is 2.12. The van der Waals surface area contributed by atoms with E-state index in [4.69, 9.17) is 15.0 Å². The molecular formula is C11H14N4O2. The van der Waals surface area contributed by atoms with Crippen LogP contribution in [0.1, 0.15) is 18.3 Å². The Hall–Kier alpha value is -1.79. The molecule has 0 aliphatic rings. The van der Waals surface area contributed by atoms with Gasteiger partial charge in [0.05, 0.1) is 0 Å². The molecule has 17 heavy (non-hydrogen) atoms. The second-order valence-corrected chi connectivity index (χ2v) is 3.41. The van der Waals surface area contributed by atoms with Gasteiger partial charge in [0, 0.05) is 19.3 Å². The summed E-state index contributed by atoms with van der Waals surface area (Å²) in [4.78, 5) is 8.37. The number of rotatable bonds is 5. The Morgan fingerprint density at radius 3 is 2.94 bits per heavy atom. The van der Waals surface area contributed by atoms with Gasteiger partial charge in [0.15, 0.2) is 5.82 Å². The Morgan fingerprint density at radius 1 is 1.41 bits per heavy atom. The van der Waals surface area contributed by atoms with Crippen molar-refractivity contribution in [3.05, 3.63) is 29.7 Å². The third-order valence-corrected chi connectivity index (χ3v) is 2.18. The summed E-state index contributed by atoms with van der Waals surface area (Å²) >= 11 is 0. The van der Waals surface area contributed by atoms with Gasteiger partial charge in [-0.05, 0) is 18.6 Å². The van der Waals surface area contributed by atoms with E-state index in [2.05, 4.69) is 15.1 Å². The maximum Gasteiger partial charge on any atom is 0.276 e. The van der Waals surface area contributed by atoms with Crippen molar-refractivity contribution in [2.75, 3.05) is 6.61 Å². The van der Waals surface area contributed by atoms with Crippen molar-refractivity contribution in [3.8, 4) is 11.6 Å². The third kappa shape index (κ3) is 2.86. The van der Waals surface area contributed by atoms with Crippen molar-refractivity contribution in [1.82, 2.24) is 15.1 Å². The lowest BCUT2D eigenvalue weighted by atomic mass is 10.2. The lowest BCUT2D eigenvalue weighted by molar-refractivity contribution is 0.126. The fourth-order valence-corrected chi connectivity index (χ4v) is 1.28. The van der Waals surface area contributed by atoms with E-state index in [1.54, 1.807) is 12.3 Å². The molecular weight excluding hydrogens is 220 g/mol. The largest absolute Gasteiger partial charge is 0.374 e. The van der Waals surface area contributed by atoms with Crippen LogP contribution < -0.4 is 5.73 Å². The van der Waals surface area contributed by atoms with Gasteiger partial charge in [-0.2, -0.15) is 4.98 Å². The number of aromatic nitrogens is 3. The zero-order valence-corrected chi connectivity index (χ0v) is 9.59. The zero-order valence-electron chi connectivity index (χ0n) is 9.59. The monoisotopic (exact) mass is 234 g/mol. The molecule has 2 N–H and O–H groups in total. The molecule has 0 bridgehead atoms. The molecule has 0 aromatic carbocycles. The van der Waals surface area contributed by atoms with E-state index >= 15 is 0 Å². The molecule has 0 fully saturated rings. The molecule has 0 aliphatic heterocycles. The molecule has 0 saturated carbocycles. The Bertz CT molecular complexity index is 467. The van der Waals surface area contributed by atoms with Crippen LogP contribution in [0.25, 0.3) is 11.6 Å². The average Bonchev–Trinajstić information content (AvgIpc) is 2.85. The molecule has 0 radical (unpaired) electrons. The van der Waals surface area contributed by atoms with Crippen LogP contribution in [0, 0.1) is 0 Å². The predicted molar refractivity (Wildman–Crippen MR) is 60.8 cm³/mol. The SMILES string of the molecule is CCOCc1noc(-c2ccc(CN)cn2)n1. The number of ether oxygens (including phenoxy) is 1. The van der Waals surface area contributed by atoms with Crippen molar-refractivity contribution in [1.29, 1.82) is 0 Å². The highest BCUT2D eigenvalue weighted by Crippen LogP contribution is 2.14. The molecule has 0 amide bonds. The summed E-state index contributed by atoms with van der Waals surface area (Å²) in [5.74, 6) is 0.912. The Morgan fingerprint density at radius 2 is 2.29 bits per heavy atom. The van der Waals surface area contributed by atoms with E-state index in [0.717, 1.165) is 5.56 Å². The fourth-order valence-electron chi connectivity index (χ4n) is 1.28. The molecule has 2 heterocycles. The zero-order chi connectivity index (χ0) is 12.1. The maximum atomic E-state index is 5.49. The summed E-state index contributed by atoms with van der Waals surface area (Å²) in [5, 5.41) is 3.80. The molecule has 0 atom stereocenters. The minimum absolute atomic E-state index is 0.348. The predicted octanol–water partition coefficient (Wildman–Crippen LogP) is 1.13. The van der Waals surface area contributed by atoms with Crippen LogP contribution in [-0.4, -0.2) is 21.7 Å². The highest BCUT2D eigenvalue weighted by Gasteiger charge is 2.09. The summed E-state index contributed by atoms with van der Waals surface area (Å²) < 4.78 is 10.3. The summed E-state index contributed by atoms with van der Waals surface area (Å²) in [5.41, 5.74) is 7.09. The van der Waals surface area contributed by atoms with E-state index < -0.39 is 0 Å². The van der Waals surface area contributed by atoms with Gasteiger partial charge >= 0.3 is 0 Å². The number of pyridine rings is 1. The van der Waals surface area contributed by atoms with Gasteiger partial charge in [0.25, 0.3) is 5.89 Å². The van der Waals surface area contributed by atoms with Crippen LogP contribution in [0.15, 0.2) is 22.9 Å². The molecule has 0 saturated heterocycles. The molecule has 6 heteroatoms. The van der Waals surface area contributed by atoms with Gasteiger partial charge < -0.3 is 15.0 Å². The molecule has 0 aliphatic carbocycles. The minimum Gasteiger partial charge on any atom is -0.374 e. The van der Waals surface area contributed by atoms with Gasteiger partial charge in [-0.1, -0.05) is 11.2 Å². The molecule has 2 aromatic rings. The average molecular weight is 234 g/mol. The first kappa shape index (κ1) is 11.7. The summed E-state index contributed by atoms with van der Waals surface area (Å²) in [6.07, 6.45) is 1.70. The van der Waals surface area contributed by atoms with Crippen LogP contribution in [0.3, 0.4) is 0 Å². The molecule has 0 spiro atoms.